The third-order valence-electron chi connectivity index (χ3n) is 6.51. The van der Waals surface area contributed by atoms with Crippen molar-refractivity contribution < 1.29 is 19.4 Å². The van der Waals surface area contributed by atoms with E-state index in [2.05, 4.69) is 32.0 Å². The third kappa shape index (κ3) is 5.62. The van der Waals surface area contributed by atoms with Crippen LogP contribution in [0.3, 0.4) is 0 Å². The highest BCUT2D eigenvalue weighted by atomic mass is 16.5. The fourth-order valence-corrected chi connectivity index (χ4v) is 4.69. The van der Waals surface area contributed by atoms with Gasteiger partial charge in [-0.25, -0.2) is 0 Å². The number of anilines is 1. The van der Waals surface area contributed by atoms with Gasteiger partial charge in [0, 0.05) is 51.9 Å². The molecule has 8 nitrogen and oxygen atoms in total. The maximum Gasteiger partial charge on any atom is 0.319 e. The number of Topliss-reactive ketones (excluding diaryl/α,β-unsaturated/α-hetero) is 1. The Hall–Kier alpha value is -2.84. The molecule has 1 aliphatic heterocycles. The summed E-state index contributed by atoms with van der Waals surface area (Å²) >= 11 is 0. The van der Waals surface area contributed by atoms with Crippen LogP contribution < -0.4 is 9.64 Å². The van der Waals surface area contributed by atoms with E-state index >= 15 is 0 Å². The molecule has 2 aromatic heterocycles. The van der Waals surface area contributed by atoms with Crippen molar-refractivity contribution in [2.45, 2.75) is 45.6 Å². The zero-order chi connectivity index (χ0) is 24.1. The minimum atomic E-state index is -0.242. The van der Waals surface area contributed by atoms with Crippen LogP contribution in [0.1, 0.15) is 54.9 Å². The van der Waals surface area contributed by atoms with Gasteiger partial charge in [-0.05, 0) is 48.8 Å². The predicted octanol–water partition coefficient (Wildman–Crippen LogP) is 3.34. The number of ketones is 1. The first-order chi connectivity index (χ1) is 16.5. The van der Waals surface area contributed by atoms with Gasteiger partial charge in [0.15, 0.2) is 5.78 Å². The molecule has 34 heavy (non-hydrogen) atoms. The summed E-state index contributed by atoms with van der Waals surface area (Å²) in [5.41, 5.74) is 4.20. The van der Waals surface area contributed by atoms with E-state index in [1.807, 2.05) is 26.1 Å². The van der Waals surface area contributed by atoms with Crippen molar-refractivity contribution in [2.75, 3.05) is 38.3 Å². The number of hydrogen-bond donors (Lipinski definition) is 1. The summed E-state index contributed by atoms with van der Waals surface area (Å²) in [6.45, 7) is 5.75. The number of ether oxygens (including phenoxy) is 2. The van der Waals surface area contributed by atoms with E-state index in [1.165, 1.54) is 16.8 Å². The highest BCUT2D eigenvalue weighted by molar-refractivity contribution is 5.95. The molecule has 2 aromatic rings. The number of hydrogen-bond acceptors (Lipinski definition) is 8. The topological polar surface area (TPSA) is 97.7 Å². The molecule has 0 radical (unpaired) electrons. The lowest BCUT2D eigenvalue weighted by atomic mass is 9.86. The number of aliphatic hydroxyl groups is 1. The minimum Gasteiger partial charge on any atom is -0.458 e. The van der Waals surface area contributed by atoms with Crippen LogP contribution in [0.4, 0.5) is 5.82 Å². The Kier molecular flexibility index (Phi) is 7.90. The number of nitrogens with zero attached hydrogens (tertiary/aromatic N) is 4. The fraction of sp³-hybridized carbons (Fsp3) is 0.538. The summed E-state index contributed by atoms with van der Waals surface area (Å²) in [4.78, 5) is 28.6. The van der Waals surface area contributed by atoms with Gasteiger partial charge >= 0.3 is 6.01 Å². The summed E-state index contributed by atoms with van der Waals surface area (Å²) < 4.78 is 11.0. The number of carbonyl (C=O) groups is 1. The summed E-state index contributed by atoms with van der Waals surface area (Å²) in [6.07, 6.45) is 7.09. The molecule has 182 valence electrons. The molecule has 1 aliphatic carbocycles. The zero-order valence-electron chi connectivity index (χ0n) is 20.2. The highest BCUT2D eigenvalue weighted by Crippen LogP contribution is 2.37. The second-order valence-electron chi connectivity index (χ2n) is 9.32. The van der Waals surface area contributed by atoms with Crippen molar-refractivity contribution in [2.24, 2.45) is 11.8 Å². The second-order valence-corrected chi connectivity index (χ2v) is 9.32. The summed E-state index contributed by atoms with van der Waals surface area (Å²) in [6, 6.07) is 6.13. The van der Waals surface area contributed by atoms with Crippen LogP contribution in [0.5, 0.6) is 6.01 Å². The Morgan fingerprint density at radius 2 is 2.06 bits per heavy atom. The average Bonchev–Trinajstić information content (AvgIpc) is 3.28. The SMILES string of the molecule is COC[C@H](C)Oc1nc(C(=O)C[C@H](C)CO)cc(N2CCC(C3=CCc4ncccc43)CC2)n1. The quantitative estimate of drug-likeness (QED) is 0.533. The number of rotatable bonds is 10. The first-order valence-electron chi connectivity index (χ1n) is 12.1. The van der Waals surface area contributed by atoms with Crippen molar-refractivity contribution >= 4 is 17.2 Å². The Bertz CT molecular complexity index is 1030. The predicted molar refractivity (Wildman–Crippen MR) is 130 cm³/mol. The number of piperidine rings is 1. The Morgan fingerprint density at radius 1 is 1.26 bits per heavy atom. The smallest absolute Gasteiger partial charge is 0.319 e. The first-order valence-corrected chi connectivity index (χ1v) is 12.1. The standard InChI is InChI=1S/C26H34N4O4/c1-17(15-31)13-24(32)23-14-25(29-26(28-23)34-18(2)16-33-3)30-11-8-19(9-12-30)20-6-7-22-21(20)5-4-10-27-22/h4-6,10,14,17-19,31H,7-9,11-13,15-16H2,1-3H3/t17-,18-/m0/s1. The van der Waals surface area contributed by atoms with E-state index in [0.29, 0.717) is 24.0 Å². The van der Waals surface area contributed by atoms with Crippen LogP contribution in [0.15, 0.2) is 30.5 Å². The second kappa shape index (κ2) is 11.1. The van der Waals surface area contributed by atoms with Crippen molar-refractivity contribution in [1.82, 2.24) is 15.0 Å². The number of aliphatic hydroxyl groups excluding tert-OH is 1. The number of methoxy groups -OCH3 is 1. The summed E-state index contributed by atoms with van der Waals surface area (Å²) in [5.74, 6) is 0.947. The van der Waals surface area contributed by atoms with Crippen molar-refractivity contribution in [1.29, 1.82) is 0 Å². The maximum atomic E-state index is 12.8. The lowest BCUT2D eigenvalue weighted by Crippen LogP contribution is -2.35. The molecule has 0 spiro atoms. The minimum absolute atomic E-state index is 0.0417. The summed E-state index contributed by atoms with van der Waals surface area (Å²) in [5, 5.41) is 9.36. The monoisotopic (exact) mass is 466 g/mol. The molecule has 8 heteroatoms. The van der Waals surface area contributed by atoms with E-state index in [0.717, 1.165) is 32.4 Å². The van der Waals surface area contributed by atoms with Gasteiger partial charge in [-0.1, -0.05) is 19.1 Å². The molecular weight excluding hydrogens is 432 g/mol. The third-order valence-corrected chi connectivity index (χ3v) is 6.51. The molecule has 4 rings (SSSR count). The molecule has 1 saturated heterocycles. The molecule has 0 saturated carbocycles. The van der Waals surface area contributed by atoms with E-state index in [1.54, 1.807) is 13.2 Å². The Balaban J connectivity index is 1.50. The van der Waals surface area contributed by atoms with Crippen LogP contribution >= 0.6 is 0 Å². The highest BCUT2D eigenvalue weighted by Gasteiger charge is 2.28. The number of allylic oxidation sites excluding steroid dienone is 2. The molecule has 0 bridgehead atoms. The largest absolute Gasteiger partial charge is 0.458 e. The van der Waals surface area contributed by atoms with Crippen molar-refractivity contribution in [3.8, 4) is 6.01 Å². The average molecular weight is 467 g/mol. The number of aromatic nitrogens is 3. The van der Waals surface area contributed by atoms with Gasteiger partial charge in [0.05, 0.1) is 12.3 Å². The lowest BCUT2D eigenvalue weighted by Gasteiger charge is -2.34. The van der Waals surface area contributed by atoms with Gasteiger partial charge in [-0.2, -0.15) is 9.97 Å². The molecular formula is C26H34N4O4. The maximum absolute atomic E-state index is 12.8. The zero-order valence-corrected chi connectivity index (χ0v) is 20.2. The van der Waals surface area contributed by atoms with Gasteiger partial charge in [0.25, 0.3) is 0 Å². The van der Waals surface area contributed by atoms with Gasteiger partial charge < -0.3 is 19.5 Å². The van der Waals surface area contributed by atoms with Crippen LogP contribution in [0, 0.1) is 11.8 Å². The molecule has 2 aliphatic rings. The molecule has 0 aromatic carbocycles. The normalized spacial score (nSPS) is 17.8. The first kappa shape index (κ1) is 24.3. The number of pyridine rings is 1. The van der Waals surface area contributed by atoms with Crippen molar-refractivity contribution in [3.63, 3.8) is 0 Å². The van der Waals surface area contributed by atoms with Gasteiger partial charge in [-0.15, -0.1) is 0 Å². The molecule has 1 N–H and O–H groups in total. The Morgan fingerprint density at radius 3 is 2.79 bits per heavy atom. The number of carbonyl (C=O) groups excluding carboxylic acids is 1. The van der Waals surface area contributed by atoms with E-state index in [9.17, 15) is 9.90 Å². The molecule has 1 fully saturated rings. The molecule has 0 amide bonds. The van der Waals surface area contributed by atoms with Crippen LogP contribution in [0.25, 0.3) is 5.57 Å². The van der Waals surface area contributed by atoms with Gasteiger partial charge in [0.1, 0.15) is 17.6 Å². The Labute approximate surface area is 201 Å². The fourth-order valence-electron chi connectivity index (χ4n) is 4.69. The van der Waals surface area contributed by atoms with Crippen LogP contribution in [-0.2, 0) is 11.2 Å². The van der Waals surface area contributed by atoms with E-state index in [-0.39, 0.29) is 36.8 Å². The lowest BCUT2D eigenvalue weighted by molar-refractivity contribution is 0.0842. The van der Waals surface area contributed by atoms with Crippen LogP contribution in [-0.4, -0.2) is 65.4 Å². The van der Waals surface area contributed by atoms with Gasteiger partial charge in [0.2, 0.25) is 0 Å². The van der Waals surface area contributed by atoms with E-state index < -0.39 is 0 Å². The van der Waals surface area contributed by atoms with Crippen molar-refractivity contribution in [3.05, 3.63) is 47.4 Å². The van der Waals surface area contributed by atoms with Crippen LogP contribution in [0.2, 0.25) is 0 Å². The van der Waals surface area contributed by atoms with E-state index in [4.69, 9.17) is 9.47 Å². The number of fused-ring (bicyclic) bond motifs is 1. The molecule has 3 heterocycles. The van der Waals surface area contributed by atoms with Gasteiger partial charge in [-0.3, -0.25) is 9.78 Å². The summed E-state index contributed by atoms with van der Waals surface area (Å²) in [7, 11) is 1.61. The molecule has 0 unspecified atom stereocenters. The molecule has 2 atom stereocenters.